The van der Waals surface area contributed by atoms with Crippen molar-refractivity contribution in [2.24, 2.45) is 11.8 Å². The van der Waals surface area contributed by atoms with Crippen molar-refractivity contribution in [2.45, 2.75) is 35.8 Å². The predicted octanol–water partition coefficient (Wildman–Crippen LogP) is 2.45. The highest BCUT2D eigenvalue weighted by Crippen LogP contribution is 2.33. The number of anilines is 1. The highest BCUT2D eigenvalue weighted by atomic mass is 32.2. The number of amides is 1. The molecule has 4 rings (SSSR count). The van der Waals surface area contributed by atoms with Gasteiger partial charge in [-0.05, 0) is 25.7 Å². The summed E-state index contributed by atoms with van der Waals surface area (Å²) in [5, 5.41) is 11.1. The van der Waals surface area contributed by atoms with Gasteiger partial charge in [-0.25, -0.2) is 0 Å². The molecule has 0 bridgehead atoms. The molecule has 1 amide bonds. The van der Waals surface area contributed by atoms with Crippen molar-refractivity contribution >= 4 is 40.1 Å². The minimum atomic E-state index is -0.393. The Morgan fingerprint density at radius 3 is 2.73 bits per heavy atom. The van der Waals surface area contributed by atoms with E-state index in [1.807, 2.05) is 0 Å². The van der Waals surface area contributed by atoms with Crippen LogP contribution in [0.15, 0.2) is 25.9 Å². The molecular weight excluding hydrogens is 378 g/mol. The van der Waals surface area contributed by atoms with Crippen LogP contribution in [0.5, 0.6) is 5.75 Å². The SMILES string of the molecule is O=C(Nc1nnc(SCc2cc(=O)c(OC(=O)C3CC3)co2)s1)C1CC1. The van der Waals surface area contributed by atoms with E-state index in [0.717, 1.165) is 25.7 Å². The maximum atomic E-state index is 12.0. The lowest BCUT2D eigenvalue weighted by Crippen LogP contribution is -2.15. The van der Waals surface area contributed by atoms with Gasteiger partial charge in [-0.15, -0.1) is 10.2 Å². The number of hydrogen-bond acceptors (Lipinski definition) is 9. The summed E-state index contributed by atoms with van der Waals surface area (Å²) in [6, 6.07) is 1.30. The Morgan fingerprint density at radius 1 is 1.27 bits per heavy atom. The minimum absolute atomic E-state index is 0.0139. The van der Waals surface area contributed by atoms with Crippen LogP contribution in [0.4, 0.5) is 5.13 Å². The topological polar surface area (TPSA) is 111 Å². The third kappa shape index (κ3) is 4.31. The molecule has 2 aromatic heterocycles. The Bertz CT molecular complexity index is 901. The Morgan fingerprint density at radius 2 is 2.04 bits per heavy atom. The monoisotopic (exact) mass is 393 g/mol. The summed E-state index contributed by atoms with van der Waals surface area (Å²) in [5.74, 6) is 0.348. The van der Waals surface area contributed by atoms with Gasteiger partial charge in [0.1, 0.15) is 12.0 Å². The fourth-order valence-corrected chi connectivity index (χ4v) is 3.75. The molecule has 2 saturated carbocycles. The molecule has 136 valence electrons. The van der Waals surface area contributed by atoms with Crippen LogP contribution in [0.3, 0.4) is 0 Å². The van der Waals surface area contributed by atoms with Gasteiger partial charge < -0.3 is 14.5 Å². The Hall–Kier alpha value is -2.20. The predicted molar refractivity (Wildman–Crippen MR) is 94.2 cm³/mol. The van der Waals surface area contributed by atoms with Gasteiger partial charge in [0.05, 0.1) is 11.7 Å². The first-order valence-electron chi connectivity index (χ1n) is 8.19. The summed E-state index contributed by atoms with van der Waals surface area (Å²) in [4.78, 5) is 35.3. The maximum Gasteiger partial charge on any atom is 0.314 e. The van der Waals surface area contributed by atoms with Crippen LogP contribution in [0.2, 0.25) is 0 Å². The fraction of sp³-hybridized carbons (Fsp3) is 0.438. The van der Waals surface area contributed by atoms with E-state index in [1.165, 1.54) is 35.4 Å². The summed E-state index contributed by atoms with van der Waals surface area (Å²) < 4.78 is 11.1. The van der Waals surface area contributed by atoms with E-state index in [4.69, 9.17) is 9.15 Å². The number of thioether (sulfide) groups is 1. The molecule has 2 aliphatic carbocycles. The number of esters is 1. The molecule has 0 aliphatic heterocycles. The summed E-state index contributed by atoms with van der Waals surface area (Å²) in [7, 11) is 0. The Labute approximate surface area is 156 Å². The largest absolute Gasteiger partial charge is 0.464 e. The summed E-state index contributed by atoms with van der Waals surface area (Å²) in [6.45, 7) is 0. The summed E-state index contributed by atoms with van der Waals surface area (Å²) >= 11 is 2.61. The van der Waals surface area contributed by atoms with Gasteiger partial charge in [0, 0.05) is 12.0 Å². The molecule has 10 heteroatoms. The summed E-state index contributed by atoms with van der Waals surface area (Å²) in [6.07, 6.45) is 4.64. The zero-order chi connectivity index (χ0) is 18.1. The van der Waals surface area contributed by atoms with E-state index in [2.05, 4.69) is 15.5 Å². The van der Waals surface area contributed by atoms with Gasteiger partial charge in [-0.2, -0.15) is 0 Å². The molecule has 0 unspecified atom stereocenters. The van der Waals surface area contributed by atoms with E-state index in [9.17, 15) is 14.4 Å². The normalized spacial score (nSPS) is 16.3. The highest BCUT2D eigenvalue weighted by Gasteiger charge is 2.32. The van der Waals surface area contributed by atoms with Crippen LogP contribution >= 0.6 is 23.1 Å². The lowest BCUT2D eigenvalue weighted by Gasteiger charge is -2.03. The third-order valence-corrected chi connectivity index (χ3v) is 5.89. The van der Waals surface area contributed by atoms with Crippen LogP contribution in [-0.4, -0.2) is 22.1 Å². The van der Waals surface area contributed by atoms with Gasteiger partial charge in [0.15, 0.2) is 4.34 Å². The number of carbonyl (C=O) groups excluding carboxylic acids is 2. The first-order chi connectivity index (χ1) is 12.6. The molecule has 8 nitrogen and oxygen atoms in total. The molecule has 0 aromatic carbocycles. The van der Waals surface area contributed by atoms with E-state index in [0.29, 0.717) is 21.0 Å². The molecule has 0 saturated heterocycles. The standard InChI is InChI=1S/C16H15N3O5S2/c20-11-5-10(23-6-12(11)24-14(22)9-3-4-9)7-25-16-19-18-15(26-16)17-13(21)8-1-2-8/h5-6,8-9H,1-4,7H2,(H,17,18,21). The smallest absolute Gasteiger partial charge is 0.314 e. The number of hydrogen-bond donors (Lipinski definition) is 1. The minimum Gasteiger partial charge on any atom is -0.464 e. The molecule has 0 spiro atoms. The average molecular weight is 393 g/mol. The number of nitrogens with one attached hydrogen (secondary N) is 1. The van der Waals surface area contributed by atoms with Crippen LogP contribution < -0.4 is 15.5 Å². The van der Waals surface area contributed by atoms with Crippen LogP contribution in [0.25, 0.3) is 0 Å². The van der Waals surface area contributed by atoms with Crippen LogP contribution in [-0.2, 0) is 15.3 Å². The fourth-order valence-electron chi connectivity index (χ4n) is 2.10. The highest BCUT2D eigenvalue weighted by molar-refractivity contribution is 8.00. The molecule has 2 heterocycles. The Balaban J connectivity index is 1.32. The number of carbonyl (C=O) groups is 2. The van der Waals surface area contributed by atoms with Gasteiger partial charge in [0.2, 0.25) is 22.2 Å². The first-order valence-corrected chi connectivity index (χ1v) is 9.99. The molecule has 1 N–H and O–H groups in total. The van der Waals surface area contributed by atoms with Gasteiger partial charge in [-0.3, -0.25) is 14.4 Å². The second kappa shape index (κ2) is 7.20. The zero-order valence-corrected chi connectivity index (χ0v) is 15.2. The first kappa shape index (κ1) is 17.2. The van der Waals surface area contributed by atoms with Crippen LogP contribution in [0, 0.1) is 11.8 Å². The van der Waals surface area contributed by atoms with Crippen molar-refractivity contribution in [2.75, 3.05) is 5.32 Å². The zero-order valence-electron chi connectivity index (χ0n) is 13.6. The molecular formula is C16H15N3O5S2. The van der Waals surface area contributed by atoms with Gasteiger partial charge in [0.25, 0.3) is 0 Å². The van der Waals surface area contributed by atoms with Crippen molar-refractivity contribution in [1.82, 2.24) is 10.2 Å². The van der Waals surface area contributed by atoms with Crippen LogP contribution in [0.1, 0.15) is 31.4 Å². The molecule has 2 aromatic rings. The molecule has 2 aliphatic rings. The quantitative estimate of drug-likeness (QED) is 0.434. The molecule has 2 fully saturated rings. The van der Waals surface area contributed by atoms with Crippen molar-refractivity contribution in [3.05, 3.63) is 28.3 Å². The molecule has 0 radical (unpaired) electrons. The lowest BCUT2D eigenvalue weighted by molar-refractivity contribution is -0.136. The second-order valence-electron chi connectivity index (χ2n) is 6.20. The third-order valence-electron chi connectivity index (χ3n) is 3.90. The summed E-state index contributed by atoms with van der Waals surface area (Å²) in [5.41, 5.74) is -0.393. The van der Waals surface area contributed by atoms with Gasteiger partial charge >= 0.3 is 5.97 Å². The van der Waals surface area contributed by atoms with E-state index in [-0.39, 0.29) is 29.5 Å². The number of nitrogens with zero attached hydrogens (tertiary/aromatic N) is 2. The lowest BCUT2D eigenvalue weighted by atomic mass is 10.4. The van der Waals surface area contributed by atoms with Crippen molar-refractivity contribution in [3.63, 3.8) is 0 Å². The van der Waals surface area contributed by atoms with E-state index < -0.39 is 5.43 Å². The van der Waals surface area contributed by atoms with Gasteiger partial charge in [-0.1, -0.05) is 23.1 Å². The Kier molecular flexibility index (Phi) is 4.77. The number of rotatable bonds is 7. The number of ether oxygens (including phenoxy) is 1. The maximum absolute atomic E-state index is 12.0. The van der Waals surface area contributed by atoms with E-state index >= 15 is 0 Å². The second-order valence-corrected chi connectivity index (χ2v) is 8.40. The van der Waals surface area contributed by atoms with Crippen molar-refractivity contribution in [3.8, 4) is 5.75 Å². The molecule has 26 heavy (non-hydrogen) atoms. The van der Waals surface area contributed by atoms with Crippen molar-refractivity contribution in [1.29, 1.82) is 0 Å². The van der Waals surface area contributed by atoms with E-state index in [1.54, 1.807) is 0 Å². The molecule has 0 atom stereocenters. The number of aromatic nitrogens is 2. The van der Waals surface area contributed by atoms with Crippen molar-refractivity contribution < 1.29 is 18.7 Å². The average Bonchev–Trinajstić information content (AvgIpc) is 3.52.